The van der Waals surface area contributed by atoms with Crippen molar-refractivity contribution in [1.29, 1.82) is 0 Å². The van der Waals surface area contributed by atoms with E-state index in [9.17, 15) is 9.59 Å². The van der Waals surface area contributed by atoms with E-state index in [2.05, 4.69) is 9.97 Å². The third kappa shape index (κ3) is 5.47. The lowest BCUT2D eigenvalue weighted by atomic mass is 10.1. The lowest BCUT2D eigenvalue weighted by Gasteiger charge is -2.12. The minimum absolute atomic E-state index is 0.140. The van der Waals surface area contributed by atoms with Crippen LogP contribution < -0.4 is 15.0 Å². The summed E-state index contributed by atoms with van der Waals surface area (Å²) in [5, 5.41) is 0.473. The molecular weight excluding hydrogens is 336 g/mol. The number of hydrogen-bond donors (Lipinski definition) is 1. The predicted molar refractivity (Wildman–Crippen MR) is 98.9 cm³/mol. The molecule has 2 rings (SSSR count). The molecule has 1 aromatic carbocycles. The molecule has 0 saturated heterocycles. The minimum Gasteiger partial charge on any atom is -0.493 e. The molecule has 26 heavy (non-hydrogen) atoms. The number of methoxy groups -OCH3 is 1. The van der Waals surface area contributed by atoms with Crippen molar-refractivity contribution in [2.24, 2.45) is 0 Å². The number of ether oxygens (including phenoxy) is 3. The van der Waals surface area contributed by atoms with Crippen LogP contribution in [0.4, 0.5) is 0 Å². The average Bonchev–Trinajstić information content (AvgIpc) is 2.60. The van der Waals surface area contributed by atoms with Gasteiger partial charge in [-0.2, -0.15) is 0 Å². The minimum atomic E-state index is -0.195. The number of aromatic nitrogens is 2. The summed E-state index contributed by atoms with van der Waals surface area (Å²) in [7, 11) is 1.56. The number of unbranched alkanes of at least 4 members (excludes halogenated alkanes) is 3. The first-order valence-corrected chi connectivity index (χ1v) is 8.92. The zero-order valence-electron chi connectivity index (χ0n) is 15.6. The maximum absolute atomic E-state index is 12.1. The van der Waals surface area contributed by atoms with Crippen molar-refractivity contribution in [2.45, 2.75) is 46.0 Å². The topological polar surface area (TPSA) is 90.5 Å². The van der Waals surface area contributed by atoms with E-state index >= 15 is 0 Å². The first-order valence-electron chi connectivity index (χ1n) is 8.92. The van der Waals surface area contributed by atoms with Crippen LogP contribution >= 0.6 is 0 Å². The summed E-state index contributed by atoms with van der Waals surface area (Å²) in [6.07, 6.45) is 4.03. The number of carbonyl (C=O) groups excluding carboxylic acids is 1. The van der Waals surface area contributed by atoms with E-state index < -0.39 is 0 Å². The molecule has 0 aliphatic rings. The molecule has 0 unspecified atom stereocenters. The van der Waals surface area contributed by atoms with E-state index in [1.54, 1.807) is 33.1 Å². The molecule has 7 nitrogen and oxygen atoms in total. The second kappa shape index (κ2) is 9.79. The highest BCUT2D eigenvalue weighted by atomic mass is 16.5. The molecule has 0 bridgehead atoms. The van der Waals surface area contributed by atoms with Gasteiger partial charge in [0.05, 0.1) is 31.2 Å². The number of carbonyl (C=O) groups is 1. The Morgan fingerprint density at radius 1 is 1.15 bits per heavy atom. The van der Waals surface area contributed by atoms with Crippen LogP contribution in [0.3, 0.4) is 0 Å². The van der Waals surface area contributed by atoms with Gasteiger partial charge in [-0.15, -0.1) is 0 Å². The molecule has 0 radical (unpaired) electrons. The van der Waals surface area contributed by atoms with Crippen molar-refractivity contribution in [3.05, 3.63) is 28.3 Å². The van der Waals surface area contributed by atoms with Gasteiger partial charge in [0.25, 0.3) is 5.56 Å². The summed E-state index contributed by atoms with van der Waals surface area (Å²) >= 11 is 0. The highest BCUT2D eigenvalue weighted by Gasteiger charge is 2.11. The number of benzene rings is 1. The smallest absolute Gasteiger partial charge is 0.305 e. The fraction of sp³-hybridized carbons (Fsp3) is 0.526. The number of nitrogens with one attached hydrogen (secondary N) is 1. The summed E-state index contributed by atoms with van der Waals surface area (Å²) in [4.78, 5) is 30.3. The third-order valence-electron chi connectivity index (χ3n) is 3.95. The van der Waals surface area contributed by atoms with Gasteiger partial charge in [-0.05, 0) is 32.8 Å². The molecule has 0 spiro atoms. The summed E-state index contributed by atoms with van der Waals surface area (Å²) in [6, 6.07) is 3.38. The van der Waals surface area contributed by atoms with Crippen LogP contribution in [0.25, 0.3) is 10.9 Å². The molecule has 0 aliphatic heterocycles. The lowest BCUT2D eigenvalue weighted by Crippen LogP contribution is -2.10. The van der Waals surface area contributed by atoms with Gasteiger partial charge in [-0.3, -0.25) is 9.59 Å². The van der Waals surface area contributed by atoms with Crippen molar-refractivity contribution in [2.75, 3.05) is 20.3 Å². The molecule has 2 aromatic rings. The molecule has 7 heteroatoms. The van der Waals surface area contributed by atoms with E-state index in [4.69, 9.17) is 14.2 Å². The molecule has 0 atom stereocenters. The molecule has 0 fully saturated rings. The molecular formula is C19H26N2O5. The molecule has 142 valence electrons. The van der Waals surface area contributed by atoms with Gasteiger partial charge in [0.15, 0.2) is 11.5 Å². The second-order valence-electron chi connectivity index (χ2n) is 5.99. The largest absolute Gasteiger partial charge is 0.493 e. The standard InChI is InChI=1S/C19H26N2O5/c1-4-25-18(22)9-7-5-6-8-10-26-17-11-14-15(12-16(17)24-3)20-13(2)21-19(14)23/h11-12H,4-10H2,1-3H3,(H,20,21,23). The van der Waals surface area contributed by atoms with Crippen molar-refractivity contribution in [3.8, 4) is 11.5 Å². The first-order chi connectivity index (χ1) is 12.5. The SMILES string of the molecule is CCOC(=O)CCCCCCOc1cc2c(=O)[nH]c(C)nc2cc1OC. The van der Waals surface area contributed by atoms with Crippen LogP contribution in [0.1, 0.15) is 44.9 Å². The van der Waals surface area contributed by atoms with Gasteiger partial charge in [0, 0.05) is 12.5 Å². The Bertz CT molecular complexity index is 800. The second-order valence-corrected chi connectivity index (χ2v) is 5.99. The number of fused-ring (bicyclic) bond motifs is 1. The third-order valence-corrected chi connectivity index (χ3v) is 3.95. The predicted octanol–water partition coefficient (Wildman–Crippen LogP) is 3.13. The van der Waals surface area contributed by atoms with Crippen LogP contribution in [-0.4, -0.2) is 36.3 Å². The Morgan fingerprint density at radius 2 is 1.92 bits per heavy atom. The first kappa shape index (κ1) is 19.8. The maximum Gasteiger partial charge on any atom is 0.305 e. The van der Waals surface area contributed by atoms with Crippen LogP contribution in [0.2, 0.25) is 0 Å². The van der Waals surface area contributed by atoms with Crippen molar-refractivity contribution in [1.82, 2.24) is 9.97 Å². The number of hydrogen-bond acceptors (Lipinski definition) is 6. The maximum atomic E-state index is 12.1. The lowest BCUT2D eigenvalue weighted by molar-refractivity contribution is -0.143. The van der Waals surface area contributed by atoms with E-state index in [1.807, 2.05) is 0 Å². The van der Waals surface area contributed by atoms with Gasteiger partial charge in [0.1, 0.15) is 5.82 Å². The van der Waals surface area contributed by atoms with Gasteiger partial charge in [-0.25, -0.2) is 4.98 Å². The molecule has 0 aliphatic carbocycles. The average molecular weight is 362 g/mol. The Morgan fingerprint density at radius 3 is 2.65 bits per heavy atom. The van der Waals surface area contributed by atoms with Gasteiger partial charge in [0.2, 0.25) is 0 Å². The molecule has 1 heterocycles. The molecule has 0 saturated carbocycles. The Labute approximate surface area is 152 Å². The zero-order chi connectivity index (χ0) is 18.9. The molecule has 1 aromatic heterocycles. The van der Waals surface area contributed by atoms with Gasteiger partial charge in [-0.1, -0.05) is 12.8 Å². The molecule has 1 N–H and O–H groups in total. The highest BCUT2D eigenvalue weighted by molar-refractivity contribution is 5.81. The van der Waals surface area contributed by atoms with Crippen LogP contribution in [0.5, 0.6) is 11.5 Å². The number of nitrogens with zero attached hydrogens (tertiary/aromatic N) is 1. The van der Waals surface area contributed by atoms with Crippen LogP contribution in [-0.2, 0) is 9.53 Å². The Hall–Kier alpha value is -2.57. The summed E-state index contributed by atoms with van der Waals surface area (Å²) in [5.74, 6) is 1.50. The van der Waals surface area contributed by atoms with E-state index in [0.29, 0.717) is 47.9 Å². The Kier molecular flexibility index (Phi) is 7.44. The highest BCUT2D eigenvalue weighted by Crippen LogP contribution is 2.30. The van der Waals surface area contributed by atoms with Gasteiger partial charge < -0.3 is 19.2 Å². The number of H-pyrrole nitrogens is 1. The molecule has 0 amide bonds. The number of rotatable bonds is 10. The fourth-order valence-electron chi connectivity index (χ4n) is 2.68. The summed E-state index contributed by atoms with van der Waals surface area (Å²) < 4.78 is 16.0. The van der Waals surface area contributed by atoms with E-state index in [-0.39, 0.29) is 11.5 Å². The number of aromatic amines is 1. The van der Waals surface area contributed by atoms with Crippen molar-refractivity contribution < 1.29 is 19.0 Å². The van der Waals surface area contributed by atoms with Gasteiger partial charge >= 0.3 is 5.97 Å². The van der Waals surface area contributed by atoms with Crippen molar-refractivity contribution >= 4 is 16.9 Å². The number of aryl methyl sites for hydroxylation is 1. The monoisotopic (exact) mass is 362 g/mol. The number of esters is 1. The normalized spacial score (nSPS) is 10.7. The quantitative estimate of drug-likeness (QED) is 0.516. The fourth-order valence-corrected chi connectivity index (χ4v) is 2.68. The summed E-state index contributed by atoms with van der Waals surface area (Å²) in [5.41, 5.74) is 0.383. The zero-order valence-corrected chi connectivity index (χ0v) is 15.6. The van der Waals surface area contributed by atoms with Crippen LogP contribution in [0.15, 0.2) is 16.9 Å². The van der Waals surface area contributed by atoms with Crippen molar-refractivity contribution in [3.63, 3.8) is 0 Å². The van der Waals surface area contributed by atoms with E-state index in [0.717, 1.165) is 25.7 Å². The van der Waals surface area contributed by atoms with Crippen LogP contribution in [0, 0.1) is 6.92 Å². The summed E-state index contributed by atoms with van der Waals surface area (Å²) in [6.45, 7) is 4.48. The van der Waals surface area contributed by atoms with E-state index in [1.165, 1.54) is 0 Å². The Balaban J connectivity index is 1.86.